The van der Waals surface area contributed by atoms with Crippen molar-refractivity contribution in [2.75, 3.05) is 5.75 Å². The van der Waals surface area contributed by atoms with Gasteiger partial charge in [-0.15, -0.1) is 10.2 Å². The summed E-state index contributed by atoms with van der Waals surface area (Å²) in [5.74, 6) is 0.492. The molecule has 3 aromatic rings. The Balaban J connectivity index is 1.60. The third-order valence-corrected chi connectivity index (χ3v) is 5.10. The molecule has 0 spiro atoms. The van der Waals surface area contributed by atoms with Crippen LogP contribution >= 0.6 is 23.4 Å². The standard InChI is InChI=1S/C20H17ClN4O2S/c1-2-25-19(16-6-8-17(21)9-7-16)23-24-20(25)28-13-18(26)27-12-15-5-3-4-14(10-15)11-22/h3-10H,2,12-13H2,1H3. The molecule has 0 bridgehead atoms. The number of halogens is 1. The number of thioether (sulfide) groups is 1. The number of hydrogen-bond donors (Lipinski definition) is 0. The van der Waals surface area contributed by atoms with Crippen molar-refractivity contribution in [2.45, 2.75) is 25.2 Å². The molecular formula is C20H17ClN4O2S. The van der Waals surface area contributed by atoms with Crippen LogP contribution in [0.3, 0.4) is 0 Å². The normalized spacial score (nSPS) is 10.5. The first-order valence-corrected chi connectivity index (χ1v) is 9.93. The summed E-state index contributed by atoms with van der Waals surface area (Å²) in [6.45, 7) is 2.79. The van der Waals surface area contributed by atoms with E-state index in [0.717, 1.165) is 17.0 Å². The molecular weight excluding hydrogens is 396 g/mol. The highest BCUT2D eigenvalue weighted by Crippen LogP contribution is 2.25. The molecule has 0 fully saturated rings. The fourth-order valence-corrected chi connectivity index (χ4v) is 3.48. The average Bonchev–Trinajstić information content (AvgIpc) is 3.14. The van der Waals surface area contributed by atoms with E-state index in [-0.39, 0.29) is 18.3 Å². The van der Waals surface area contributed by atoms with Gasteiger partial charge in [0.15, 0.2) is 11.0 Å². The number of nitrogens with zero attached hydrogens (tertiary/aromatic N) is 4. The maximum absolute atomic E-state index is 12.1. The van der Waals surface area contributed by atoms with Crippen molar-refractivity contribution in [3.63, 3.8) is 0 Å². The quantitative estimate of drug-likeness (QED) is 0.424. The summed E-state index contributed by atoms with van der Waals surface area (Å²) in [5.41, 5.74) is 2.22. The molecule has 8 heteroatoms. The average molecular weight is 413 g/mol. The topological polar surface area (TPSA) is 80.8 Å². The smallest absolute Gasteiger partial charge is 0.316 e. The lowest BCUT2D eigenvalue weighted by atomic mass is 10.1. The fraction of sp³-hybridized carbons (Fsp3) is 0.200. The SMILES string of the molecule is CCn1c(SCC(=O)OCc2cccc(C#N)c2)nnc1-c1ccc(Cl)cc1. The van der Waals surface area contributed by atoms with Crippen LogP contribution in [-0.4, -0.2) is 26.5 Å². The van der Waals surface area contributed by atoms with Gasteiger partial charge in [0.25, 0.3) is 0 Å². The van der Waals surface area contributed by atoms with Gasteiger partial charge in [0, 0.05) is 17.1 Å². The van der Waals surface area contributed by atoms with Crippen LogP contribution in [0.1, 0.15) is 18.1 Å². The zero-order valence-electron chi connectivity index (χ0n) is 15.1. The number of rotatable bonds is 7. The van der Waals surface area contributed by atoms with E-state index in [9.17, 15) is 4.79 Å². The van der Waals surface area contributed by atoms with Gasteiger partial charge in [-0.3, -0.25) is 4.79 Å². The molecule has 0 saturated carbocycles. The Bertz CT molecular complexity index is 1010. The largest absolute Gasteiger partial charge is 0.460 e. The zero-order chi connectivity index (χ0) is 19.9. The number of aromatic nitrogens is 3. The van der Waals surface area contributed by atoms with Gasteiger partial charge in [-0.2, -0.15) is 5.26 Å². The lowest BCUT2D eigenvalue weighted by molar-refractivity contribution is -0.141. The van der Waals surface area contributed by atoms with Gasteiger partial charge in [-0.05, 0) is 48.9 Å². The molecule has 142 valence electrons. The molecule has 28 heavy (non-hydrogen) atoms. The Morgan fingerprint density at radius 3 is 2.75 bits per heavy atom. The number of esters is 1. The lowest BCUT2D eigenvalue weighted by Crippen LogP contribution is -2.08. The van der Waals surface area contributed by atoms with Gasteiger partial charge in [-0.1, -0.05) is 35.5 Å². The summed E-state index contributed by atoms with van der Waals surface area (Å²) >= 11 is 7.22. The number of hydrogen-bond acceptors (Lipinski definition) is 6. The van der Waals surface area contributed by atoms with Gasteiger partial charge in [0.05, 0.1) is 17.4 Å². The van der Waals surface area contributed by atoms with Gasteiger partial charge in [0.2, 0.25) is 0 Å². The minimum absolute atomic E-state index is 0.122. The summed E-state index contributed by atoms with van der Waals surface area (Å²) in [6.07, 6.45) is 0. The molecule has 0 aliphatic heterocycles. The molecule has 1 heterocycles. The highest BCUT2D eigenvalue weighted by molar-refractivity contribution is 7.99. The second kappa shape index (κ2) is 9.40. The van der Waals surface area contributed by atoms with Crippen molar-refractivity contribution in [1.29, 1.82) is 5.26 Å². The summed E-state index contributed by atoms with van der Waals surface area (Å²) in [7, 11) is 0. The molecule has 1 aromatic heterocycles. The van der Waals surface area contributed by atoms with E-state index in [1.165, 1.54) is 11.8 Å². The minimum atomic E-state index is -0.356. The number of carbonyl (C=O) groups excluding carboxylic acids is 1. The van der Waals surface area contributed by atoms with Crippen molar-refractivity contribution in [2.24, 2.45) is 0 Å². The van der Waals surface area contributed by atoms with Crippen LogP contribution in [0, 0.1) is 11.3 Å². The van der Waals surface area contributed by atoms with Crippen molar-refractivity contribution >= 4 is 29.3 Å². The fourth-order valence-electron chi connectivity index (χ4n) is 2.55. The van der Waals surface area contributed by atoms with Gasteiger partial charge in [0.1, 0.15) is 6.61 Å². The van der Waals surface area contributed by atoms with Gasteiger partial charge >= 0.3 is 5.97 Å². The molecule has 0 radical (unpaired) electrons. The Morgan fingerprint density at radius 2 is 2.04 bits per heavy atom. The van der Waals surface area contributed by atoms with Crippen molar-refractivity contribution in [3.8, 4) is 17.5 Å². The maximum atomic E-state index is 12.1. The van der Waals surface area contributed by atoms with Crippen molar-refractivity contribution in [1.82, 2.24) is 14.8 Å². The first kappa shape index (κ1) is 19.9. The molecule has 2 aromatic carbocycles. The number of nitriles is 1. The third kappa shape index (κ3) is 4.91. The Hall–Kier alpha value is -2.82. The first-order chi connectivity index (χ1) is 13.6. The van der Waals surface area contributed by atoms with Crippen LogP contribution in [0.25, 0.3) is 11.4 Å². The van der Waals surface area contributed by atoms with Gasteiger partial charge < -0.3 is 9.30 Å². The van der Waals surface area contributed by atoms with E-state index in [4.69, 9.17) is 21.6 Å². The molecule has 0 aliphatic carbocycles. The van der Waals surface area contributed by atoms with Crippen LogP contribution in [0.2, 0.25) is 5.02 Å². The van der Waals surface area contributed by atoms with E-state index >= 15 is 0 Å². The van der Waals surface area contributed by atoms with E-state index in [2.05, 4.69) is 16.3 Å². The molecule has 0 atom stereocenters. The third-order valence-electron chi connectivity index (χ3n) is 3.91. The van der Waals surface area contributed by atoms with Crippen molar-refractivity contribution in [3.05, 3.63) is 64.7 Å². The highest BCUT2D eigenvalue weighted by Gasteiger charge is 2.15. The number of carbonyl (C=O) groups is 1. The molecule has 6 nitrogen and oxygen atoms in total. The number of benzene rings is 2. The second-order valence-electron chi connectivity index (χ2n) is 5.82. The predicted octanol–water partition coefficient (Wildman–Crippen LogP) is 4.33. The van der Waals surface area contributed by atoms with E-state index < -0.39 is 0 Å². The predicted molar refractivity (Wildman–Crippen MR) is 108 cm³/mol. The maximum Gasteiger partial charge on any atom is 0.316 e. The number of ether oxygens (including phenoxy) is 1. The monoisotopic (exact) mass is 412 g/mol. The van der Waals surface area contributed by atoms with Crippen LogP contribution < -0.4 is 0 Å². The lowest BCUT2D eigenvalue weighted by Gasteiger charge is -2.08. The van der Waals surface area contributed by atoms with Crippen LogP contribution in [0.15, 0.2) is 53.7 Å². The van der Waals surface area contributed by atoms with Crippen LogP contribution in [-0.2, 0) is 22.7 Å². The summed E-state index contributed by atoms with van der Waals surface area (Å²) < 4.78 is 7.23. The highest BCUT2D eigenvalue weighted by atomic mass is 35.5. The molecule has 0 aliphatic rings. The Morgan fingerprint density at radius 1 is 1.25 bits per heavy atom. The Kier molecular flexibility index (Phi) is 6.69. The molecule has 0 amide bonds. The zero-order valence-corrected chi connectivity index (χ0v) is 16.7. The summed E-state index contributed by atoms with van der Waals surface area (Å²) in [5, 5.41) is 18.7. The van der Waals surface area contributed by atoms with E-state index in [0.29, 0.717) is 22.3 Å². The van der Waals surface area contributed by atoms with E-state index in [1.807, 2.05) is 29.7 Å². The second-order valence-corrected chi connectivity index (χ2v) is 7.20. The Labute approximate surface area is 172 Å². The minimum Gasteiger partial charge on any atom is -0.460 e. The molecule has 0 unspecified atom stereocenters. The van der Waals surface area contributed by atoms with Crippen molar-refractivity contribution < 1.29 is 9.53 Å². The van der Waals surface area contributed by atoms with E-state index in [1.54, 1.807) is 30.3 Å². The summed E-state index contributed by atoms with van der Waals surface area (Å²) in [4.78, 5) is 12.1. The van der Waals surface area contributed by atoms with Gasteiger partial charge in [-0.25, -0.2) is 0 Å². The van der Waals surface area contributed by atoms with Crippen LogP contribution in [0.4, 0.5) is 0 Å². The molecule has 0 saturated heterocycles. The summed E-state index contributed by atoms with van der Waals surface area (Å²) in [6, 6.07) is 16.4. The molecule has 0 N–H and O–H groups in total. The molecule has 3 rings (SSSR count). The van der Waals surface area contributed by atoms with Crippen LogP contribution in [0.5, 0.6) is 0 Å². The first-order valence-electron chi connectivity index (χ1n) is 8.57.